The lowest BCUT2D eigenvalue weighted by Gasteiger charge is -2.01. The molecule has 0 bridgehead atoms. The Bertz CT molecular complexity index is 786. The molecule has 0 aliphatic carbocycles. The van der Waals surface area contributed by atoms with E-state index in [1.54, 1.807) is 22.2 Å². The highest BCUT2D eigenvalue weighted by Crippen LogP contribution is 2.21. The molecule has 0 aromatic carbocycles. The van der Waals surface area contributed by atoms with Gasteiger partial charge in [-0.15, -0.1) is 21.5 Å². The summed E-state index contributed by atoms with van der Waals surface area (Å²) in [7, 11) is 0. The van der Waals surface area contributed by atoms with Gasteiger partial charge in [0.05, 0.1) is 18.3 Å². The molecule has 3 rings (SSSR count). The van der Waals surface area contributed by atoms with E-state index in [-0.39, 0.29) is 5.56 Å². The van der Waals surface area contributed by atoms with Gasteiger partial charge in [0.1, 0.15) is 14.8 Å². The van der Waals surface area contributed by atoms with E-state index in [1.165, 1.54) is 16.2 Å². The zero-order valence-corrected chi connectivity index (χ0v) is 12.2. The molecule has 3 aromatic rings. The van der Waals surface area contributed by atoms with Crippen molar-refractivity contribution in [3.05, 3.63) is 37.6 Å². The molecule has 0 saturated carbocycles. The molecular formula is C12H12N4OS2. The maximum absolute atomic E-state index is 12.4. The van der Waals surface area contributed by atoms with Crippen molar-refractivity contribution in [2.24, 2.45) is 0 Å². The molecule has 19 heavy (non-hydrogen) atoms. The highest BCUT2D eigenvalue weighted by atomic mass is 32.1. The number of aryl methyl sites for hydroxylation is 2. The highest BCUT2D eigenvalue weighted by molar-refractivity contribution is 7.18. The molecular weight excluding hydrogens is 280 g/mol. The number of hydrogen-bond donors (Lipinski definition) is 0. The fourth-order valence-electron chi connectivity index (χ4n) is 1.84. The molecule has 3 aromatic heterocycles. The summed E-state index contributed by atoms with van der Waals surface area (Å²) in [6.45, 7) is 4.41. The van der Waals surface area contributed by atoms with Crippen LogP contribution in [0, 0.1) is 6.92 Å². The number of nitrogens with zero attached hydrogens (tertiary/aromatic N) is 4. The predicted octanol–water partition coefficient (Wildman–Crippen LogP) is 2.23. The van der Waals surface area contributed by atoms with Crippen molar-refractivity contribution in [1.29, 1.82) is 0 Å². The van der Waals surface area contributed by atoms with Gasteiger partial charge in [-0.2, -0.15) is 0 Å². The quantitative estimate of drug-likeness (QED) is 0.742. The van der Waals surface area contributed by atoms with Gasteiger partial charge in [-0.25, -0.2) is 4.98 Å². The lowest BCUT2D eigenvalue weighted by atomic mass is 10.3. The van der Waals surface area contributed by atoms with E-state index in [0.29, 0.717) is 11.9 Å². The lowest BCUT2D eigenvalue weighted by Crippen LogP contribution is -2.20. The largest absolute Gasteiger partial charge is 0.292 e. The Hall–Kier alpha value is -1.60. The van der Waals surface area contributed by atoms with Crippen molar-refractivity contribution in [1.82, 2.24) is 19.7 Å². The topological polar surface area (TPSA) is 60.7 Å². The maximum atomic E-state index is 12.4. The van der Waals surface area contributed by atoms with Gasteiger partial charge in [-0.1, -0.05) is 18.3 Å². The molecule has 0 saturated heterocycles. The Balaban J connectivity index is 2.04. The normalized spacial score (nSPS) is 11.3. The summed E-state index contributed by atoms with van der Waals surface area (Å²) >= 11 is 3.08. The van der Waals surface area contributed by atoms with Crippen LogP contribution >= 0.6 is 22.7 Å². The van der Waals surface area contributed by atoms with Crippen molar-refractivity contribution in [3.8, 4) is 0 Å². The van der Waals surface area contributed by atoms with Gasteiger partial charge in [0.25, 0.3) is 5.56 Å². The Morgan fingerprint density at radius 2 is 2.16 bits per heavy atom. The third kappa shape index (κ3) is 2.31. The van der Waals surface area contributed by atoms with Crippen LogP contribution < -0.4 is 5.56 Å². The van der Waals surface area contributed by atoms with Crippen molar-refractivity contribution >= 4 is 32.9 Å². The number of fused-ring (bicyclic) bond motifs is 1. The summed E-state index contributed by atoms with van der Waals surface area (Å²) < 4.78 is 1.59. The fraction of sp³-hybridized carbons (Fsp3) is 0.333. The average molecular weight is 292 g/mol. The van der Waals surface area contributed by atoms with E-state index in [1.807, 2.05) is 13.0 Å². The molecule has 5 nitrogen and oxygen atoms in total. The second-order valence-electron chi connectivity index (χ2n) is 4.18. The molecule has 98 valence electrons. The first-order valence-electron chi connectivity index (χ1n) is 5.94. The van der Waals surface area contributed by atoms with Gasteiger partial charge >= 0.3 is 0 Å². The van der Waals surface area contributed by atoms with Gasteiger partial charge < -0.3 is 0 Å². The smallest absolute Gasteiger partial charge is 0.262 e. The zero-order valence-electron chi connectivity index (χ0n) is 10.6. The van der Waals surface area contributed by atoms with E-state index in [9.17, 15) is 4.79 Å². The summed E-state index contributed by atoms with van der Waals surface area (Å²) in [6, 6.07) is 1.94. The number of hydrogen-bond acceptors (Lipinski definition) is 6. The van der Waals surface area contributed by atoms with Gasteiger partial charge in [0, 0.05) is 4.88 Å². The average Bonchev–Trinajstić information content (AvgIpc) is 2.99. The Labute approximate surface area is 117 Å². The van der Waals surface area contributed by atoms with Crippen molar-refractivity contribution in [3.63, 3.8) is 0 Å². The van der Waals surface area contributed by atoms with Crippen molar-refractivity contribution < 1.29 is 0 Å². The molecule has 0 fully saturated rings. The van der Waals surface area contributed by atoms with E-state index in [4.69, 9.17) is 0 Å². The second kappa shape index (κ2) is 4.82. The van der Waals surface area contributed by atoms with Crippen LogP contribution in [0.15, 0.2) is 17.2 Å². The molecule has 0 atom stereocenters. The first-order valence-corrected chi connectivity index (χ1v) is 7.57. The molecule has 3 heterocycles. The Kier molecular flexibility index (Phi) is 3.16. The summed E-state index contributed by atoms with van der Waals surface area (Å²) in [5.41, 5.74) is -0.00574. The van der Waals surface area contributed by atoms with E-state index in [0.717, 1.165) is 21.3 Å². The van der Waals surface area contributed by atoms with Gasteiger partial charge in [0.15, 0.2) is 0 Å². The van der Waals surface area contributed by atoms with Crippen molar-refractivity contribution in [2.45, 2.75) is 26.8 Å². The van der Waals surface area contributed by atoms with Crippen molar-refractivity contribution in [2.75, 3.05) is 0 Å². The molecule has 0 radical (unpaired) electrons. The lowest BCUT2D eigenvalue weighted by molar-refractivity contribution is 0.734. The first-order chi connectivity index (χ1) is 9.17. The molecule has 0 aliphatic rings. The number of aromatic nitrogens is 4. The second-order valence-corrected chi connectivity index (χ2v) is 6.56. The van der Waals surface area contributed by atoms with Crippen LogP contribution in [0.4, 0.5) is 0 Å². The monoisotopic (exact) mass is 292 g/mol. The zero-order chi connectivity index (χ0) is 13.4. The van der Waals surface area contributed by atoms with Crippen LogP contribution in [-0.2, 0) is 13.0 Å². The summed E-state index contributed by atoms with van der Waals surface area (Å²) in [5.74, 6) is 0. The van der Waals surface area contributed by atoms with Gasteiger partial charge in [-0.3, -0.25) is 9.36 Å². The summed E-state index contributed by atoms with van der Waals surface area (Å²) in [6.07, 6.45) is 2.52. The van der Waals surface area contributed by atoms with Gasteiger partial charge in [-0.05, 0) is 19.4 Å². The third-order valence-corrected chi connectivity index (χ3v) is 4.80. The van der Waals surface area contributed by atoms with Crippen LogP contribution in [0.1, 0.15) is 21.8 Å². The Morgan fingerprint density at radius 3 is 2.84 bits per heavy atom. The Morgan fingerprint density at radius 1 is 1.32 bits per heavy atom. The van der Waals surface area contributed by atoms with Crippen LogP contribution in [0.5, 0.6) is 0 Å². The molecule has 0 spiro atoms. The predicted molar refractivity (Wildman–Crippen MR) is 77.0 cm³/mol. The first kappa shape index (κ1) is 12.4. The minimum absolute atomic E-state index is 0.00574. The van der Waals surface area contributed by atoms with E-state index >= 15 is 0 Å². The third-order valence-electron chi connectivity index (χ3n) is 2.79. The van der Waals surface area contributed by atoms with E-state index in [2.05, 4.69) is 22.1 Å². The van der Waals surface area contributed by atoms with Crippen LogP contribution in [0.2, 0.25) is 0 Å². The summed E-state index contributed by atoms with van der Waals surface area (Å²) in [4.78, 5) is 18.7. The highest BCUT2D eigenvalue weighted by Gasteiger charge is 2.10. The maximum Gasteiger partial charge on any atom is 0.262 e. The van der Waals surface area contributed by atoms with Gasteiger partial charge in [0.2, 0.25) is 0 Å². The number of thiophene rings is 1. The van der Waals surface area contributed by atoms with Crippen LogP contribution in [0.25, 0.3) is 10.2 Å². The molecule has 0 unspecified atom stereocenters. The summed E-state index contributed by atoms with van der Waals surface area (Å²) in [5, 5.41) is 10.4. The van der Waals surface area contributed by atoms with Crippen LogP contribution in [-0.4, -0.2) is 19.7 Å². The molecule has 7 heteroatoms. The minimum atomic E-state index is -0.00574. The SMILES string of the molecule is CCc1cc2c(=O)n(Cc3nnc(C)s3)cnc2s1. The molecule has 0 N–H and O–H groups in total. The minimum Gasteiger partial charge on any atom is -0.292 e. The standard InChI is InChI=1S/C12H12N4OS2/c1-3-8-4-9-11(19-8)13-6-16(12(9)17)5-10-15-14-7(2)18-10/h4,6H,3,5H2,1-2H3. The van der Waals surface area contributed by atoms with Crippen LogP contribution in [0.3, 0.4) is 0 Å². The molecule has 0 aliphatic heterocycles. The molecule has 0 amide bonds. The number of rotatable bonds is 3. The fourth-order valence-corrected chi connectivity index (χ4v) is 3.48. The van der Waals surface area contributed by atoms with E-state index < -0.39 is 0 Å².